The Morgan fingerprint density at radius 2 is 1.90 bits per heavy atom. The van der Waals surface area contributed by atoms with Gasteiger partial charge in [0.25, 0.3) is 0 Å². The molecule has 1 aromatic rings. The van der Waals surface area contributed by atoms with Crippen LogP contribution in [-0.4, -0.2) is 31.1 Å². The van der Waals surface area contributed by atoms with Gasteiger partial charge in [-0.2, -0.15) is 0 Å². The second kappa shape index (κ2) is 7.04. The van der Waals surface area contributed by atoms with E-state index in [1.54, 1.807) is 0 Å². The van der Waals surface area contributed by atoms with Gasteiger partial charge >= 0.3 is 5.57 Å². The number of rotatable bonds is 6. The zero-order valence-corrected chi connectivity index (χ0v) is 12.3. The molecule has 21 heavy (non-hydrogen) atoms. The van der Waals surface area contributed by atoms with E-state index in [9.17, 15) is 13.6 Å². The number of benzene rings is 1. The van der Waals surface area contributed by atoms with E-state index in [0.717, 1.165) is 19.6 Å². The number of nitrogens with one attached hydrogen (secondary N) is 2. The summed E-state index contributed by atoms with van der Waals surface area (Å²) in [5, 5.41) is 2.73. The average molecular weight is 320 g/mol. The quantitative estimate of drug-likeness (QED) is 0.786. The molecule has 0 spiro atoms. The Morgan fingerprint density at radius 1 is 1.29 bits per heavy atom. The van der Waals surface area contributed by atoms with E-state index < -0.39 is 5.57 Å². The number of carbonyl (C=O) groups is 1. The van der Waals surface area contributed by atoms with Gasteiger partial charge in [-0.1, -0.05) is 0 Å². The van der Waals surface area contributed by atoms with Gasteiger partial charge in [0.1, 0.15) is 5.75 Å². The first-order valence-electron chi connectivity index (χ1n) is 6.91. The van der Waals surface area contributed by atoms with Crippen LogP contribution in [0.2, 0.25) is 0 Å². The summed E-state index contributed by atoms with van der Waals surface area (Å²) in [6.45, 7) is 3.09. The Hall–Kier alpha value is -1.40. The van der Waals surface area contributed by atoms with Crippen LogP contribution in [0.5, 0.6) is 5.75 Å². The van der Waals surface area contributed by atoms with Crippen molar-refractivity contribution in [3.8, 4) is 5.75 Å². The molecule has 1 aliphatic rings. The summed E-state index contributed by atoms with van der Waals surface area (Å²) in [4.78, 5) is 13.2. The Kier molecular flexibility index (Phi) is 5.36. The molecule has 4 nitrogen and oxygen atoms in total. The molecule has 0 aromatic heterocycles. The van der Waals surface area contributed by atoms with Crippen LogP contribution >= 0.6 is 11.6 Å². The van der Waals surface area contributed by atoms with E-state index >= 15 is 0 Å². The van der Waals surface area contributed by atoms with Gasteiger partial charge in [-0.3, -0.25) is 4.79 Å². The molecule has 0 saturated carbocycles. The Balaban J connectivity index is 1.78. The normalized spacial score (nSPS) is 16.0. The first-order chi connectivity index (χ1) is 9.92. The largest absolute Gasteiger partial charge is 0.487 e. The molecule has 1 heterocycles. The first-order valence-corrected chi connectivity index (χ1v) is 7.29. The number of quaternary nitrogens is 1. The zero-order chi connectivity index (χ0) is 15.3. The fourth-order valence-electron chi connectivity index (χ4n) is 2.38. The number of halogens is 3. The smallest absolute Gasteiger partial charge is 0.420 e. The lowest BCUT2D eigenvalue weighted by molar-refractivity contribution is -0.886. The average Bonchev–Trinajstić information content (AvgIpc) is 2.90. The number of alkyl halides is 3. The first kappa shape index (κ1) is 16.0. The highest BCUT2D eigenvalue weighted by atomic mass is 35.5. The summed E-state index contributed by atoms with van der Waals surface area (Å²) >= 11 is 4.67. The molecule has 0 aliphatic carbocycles. The Morgan fingerprint density at radius 3 is 2.48 bits per heavy atom. The topological polar surface area (TPSA) is 42.8 Å². The minimum atomic E-state index is -3.73. The van der Waals surface area contributed by atoms with Crippen molar-refractivity contribution in [2.75, 3.05) is 25.0 Å². The van der Waals surface area contributed by atoms with Gasteiger partial charge in [-0.25, -0.2) is 0 Å². The fraction of sp³-hybridized carbons (Fsp3) is 0.500. The molecule has 2 rings (SSSR count). The zero-order valence-electron chi connectivity index (χ0n) is 11.5. The summed E-state index contributed by atoms with van der Waals surface area (Å²) < 4.78 is 29.1. The molecular weight excluding hydrogens is 302 g/mol. The van der Waals surface area contributed by atoms with Crippen molar-refractivity contribution in [2.24, 2.45) is 0 Å². The van der Waals surface area contributed by atoms with E-state index in [-0.39, 0.29) is 11.7 Å². The van der Waals surface area contributed by atoms with E-state index in [1.807, 2.05) is 0 Å². The van der Waals surface area contributed by atoms with Crippen LogP contribution in [0.15, 0.2) is 24.3 Å². The molecule has 0 atom stereocenters. The van der Waals surface area contributed by atoms with Crippen LogP contribution in [0, 0.1) is 0 Å². The van der Waals surface area contributed by atoms with Gasteiger partial charge in [0.2, 0.25) is 5.91 Å². The van der Waals surface area contributed by atoms with Gasteiger partial charge < -0.3 is 15.0 Å². The second-order valence-corrected chi connectivity index (χ2v) is 5.52. The maximum absolute atomic E-state index is 12.4. The highest BCUT2D eigenvalue weighted by Gasteiger charge is 2.27. The Bertz CT molecular complexity index is 471. The molecule has 116 valence electrons. The number of ether oxygens (including phenoxy) is 1. The molecule has 0 unspecified atom stereocenters. The van der Waals surface area contributed by atoms with Crippen LogP contribution in [0.4, 0.5) is 14.5 Å². The molecule has 0 bridgehead atoms. The maximum Gasteiger partial charge on any atom is 0.487 e. The predicted octanol–water partition coefficient (Wildman–Crippen LogP) is 1.86. The third-order valence-electron chi connectivity index (χ3n) is 3.39. The molecule has 1 fully saturated rings. The minimum absolute atomic E-state index is 0.0606. The molecule has 1 amide bonds. The standard InChI is InChI=1S/C14H17ClF2N2O2/c15-14(16,17)21-12-5-3-11(4-6-12)18-13(20)7-10-19-8-1-2-9-19/h3-6H,1-2,7-10H2,(H,18,20)/p+1. The van der Waals surface area contributed by atoms with Crippen molar-refractivity contribution in [2.45, 2.75) is 24.8 Å². The highest BCUT2D eigenvalue weighted by molar-refractivity contribution is 6.20. The molecule has 7 heteroatoms. The SMILES string of the molecule is O=C(CC[NH+]1CCCC1)Nc1ccc(OC(F)(F)Cl)cc1. The van der Waals surface area contributed by atoms with E-state index in [1.165, 1.54) is 42.0 Å². The monoisotopic (exact) mass is 319 g/mol. The third-order valence-corrected chi connectivity index (χ3v) is 3.47. The molecule has 1 aliphatic heterocycles. The number of hydrogen-bond acceptors (Lipinski definition) is 2. The molecule has 0 radical (unpaired) electrons. The number of carbonyl (C=O) groups excluding carboxylic acids is 1. The van der Waals surface area contributed by atoms with Gasteiger partial charge in [-0.15, -0.1) is 8.78 Å². The van der Waals surface area contributed by atoms with Gasteiger partial charge in [-0.05, 0) is 24.3 Å². The van der Waals surface area contributed by atoms with E-state index in [0.29, 0.717) is 12.1 Å². The summed E-state index contributed by atoms with van der Waals surface area (Å²) in [7, 11) is 0. The van der Waals surface area contributed by atoms with E-state index in [4.69, 9.17) is 0 Å². The minimum Gasteiger partial charge on any atom is -0.420 e. The van der Waals surface area contributed by atoms with Crippen LogP contribution in [0.3, 0.4) is 0 Å². The predicted molar refractivity (Wildman–Crippen MR) is 75.9 cm³/mol. The number of amides is 1. The van der Waals surface area contributed by atoms with Crippen molar-refractivity contribution in [1.29, 1.82) is 0 Å². The molecule has 2 N–H and O–H groups in total. The van der Waals surface area contributed by atoms with Crippen molar-refractivity contribution < 1.29 is 23.2 Å². The van der Waals surface area contributed by atoms with Gasteiger partial charge in [0, 0.05) is 30.1 Å². The van der Waals surface area contributed by atoms with Gasteiger partial charge in [0.15, 0.2) is 0 Å². The lowest BCUT2D eigenvalue weighted by Crippen LogP contribution is -3.10. The summed E-state index contributed by atoms with van der Waals surface area (Å²) in [6.07, 6.45) is 2.90. The molecule has 1 aromatic carbocycles. The highest BCUT2D eigenvalue weighted by Crippen LogP contribution is 2.25. The summed E-state index contributed by atoms with van der Waals surface area (Å²) in [6, 6.07) is 5.66. The van der Waals surface area contributed by atoms with Crippen LogP contribution in [-0.2, 0) is 4.79 Å². The Labute approximate surface area is 127 Å². The summed E-state index contributed by atoms with van der Waals surface area (Å²) in [5.41, 5.74) is -3.19. The number of hydrogen-bond donors (Lipinski definition) is 2. The fourth-order valence-corrected chi connectivity index (χ4v) is 2.47. The van der Waals surface area contributed by atoms with Crippen LogP contribution < -0.4 is 15.0 Å². The maximum atomic E-state index is 12.4. The number of likely N-dealkylation sites (tertiary alicyclic amines) is 1. The lowest BCUT2D eigenvalue weighted by Gasteiger charge is -2.12. The number of anilines is 1. The second-order valence-electron chi connectivity index (χ2n) is 5.08. The van der Waals surface area contributed by atoms with Crippen molar-refractivity contribution in [3.05, 3.63) is 24.3 Å². The molecule has 1 saturated heterocycles. The van der Waals surface area contributed by atoms with E-state index in [2.05, 4.69) is 21.7 Å². The van der Waals surface area contributed by atoms with Crippen molar-refractivity contribution in [3.63, 3.8) is 0 Å². The third kappa shape index (κ3) is 5.85. The van der Waals surface area contributed by atoms with Gasteiger partial charge in [0.05, 0.1) is 26.1 Å². The molecular formula is C14H18ClF2N2O2+. The lowest BCUT2D eigenvalue weighted by atomic mass is 10.3. The van der Waals surface area contributed by atoms with Crippen molar-refractivity contribution in [1.82, 2.24) is 0 Å². The van der Waals surface area contributed by atoms with Crippen molar-refractivity contribution >= 4 is 23.2 Å². The van der Waals surface area contributed by atoms with Crippen LogP contribution in [0.25, 0.3) is 0 Å². The summed E-state index contributed by atoms with van der Waals surface area (Å²) in [5.74, 6) is -0.139. The van der Waals surface area contributed by atoms with Crippen LogP contribution in [0.1, 0.15) is 19.3 Å².